The zero-order valence-electron chi connectivity index (χ0n) is 18.0. The first-order valence-corrected chi connectivity index (χ1v) is 11.7. The molecule has 0 unspecified atom stereocenters. The van der Waals surface area contributed by atoms with E-state index in [2.05, 4.69) is 47.9 Å². The van der Waals surface area contributed by atoms with Gasteiger partial charge >= 0.3 is 0 Å². The van der Waals surface area contributed by atoms with Crippen LogP contribution in [0.1, 0.15) is 27.8 Å². The molecule has 0 spiro atoms. The minimum atomic E-state index is -3.67. The maximum absolute atomic E-state index is 9.80. The molecule has 2 aromatic carbocycles. The van der Waals surface area contributed by atoms with Gasteiger partial charge in [0, 0.05) is 38.3 Å². The van der Waals surface area contributed by atoms with E-state index in [-0.39, 0.29) is 5.75 Å². The monoisotopic (exact) mass is 433 g/mol. The fourth-order valence-electron chi connectivity index (χ4n) is 3.43. The van der Waals surface area contributed by atoms with E-state index in [0.717, 1.165) is 38.3 Å². The van der Waals surface area contributed by atoms with E-state index in [1.165, 1.54) is 22.3 Å². The van der Waals surface area contributed by atoms with Crippen molar-refractivity contribution in [2.24, 2.45) is 5.10 Å². The molecular formula is C22H31N3O4S. The van der Waals surface area contributed by atoms with Gasteiger partial charge in [-0.05, 0) is 49.6 Å². The summed E-state index contributed by atoms with van der Waals surface area (Å²) in [7, 11) is -3.67. The molecule has 0 atom stereocenters. The van der Waals surface area contributed by atoms with Gasteiger partial charge in [0.2, 0.25) is 0 Å². The number of phenolic OH excluding ortho intramolecular Hbond substituents is 1. The molecule has 30 heavy (non-hydrogen) atoms. The van der Waals surface area contributed by atoms with Gasteiger partial charge in [-0.15, -0.1) is 0 Å². The molecule has 1 fully saturated rings. The molecule has 0 aromatic heterocycles. The van der Waals surface area contributed by atoms with Gasteiger partial charge < -0.3 is 5.11 Å². The van der Waals surface area contributed by atoms with E-state index >= 15 is 0 Å². The maximum Gasteiger partial charge on any atom is 0.261 e. The van der Waals surface area contributed by atoms with Crippen LogP contribution in [0.15, 0.2) is 41.5 Å². The second-order valence-corrected chi connectivity index (χ2v) is 9.11. The fourth-order valence-corrected chi connectivity index (χ4v) is 3.43. The molecule has 0 saturated carbocycles. The predicted octanol–water partition coefficient (Wildman–Crippen LogP) is 2.97. The van der Waals surface area contributed by atoms with Crippen LogP contribution in [0, 0.1) is 20.8 Å². The van der Waals surface area contributed by atoms with Crippen LogP contribution in [0.3, 0.4) is 0 Å². The van der Waals surface area contributed by atoms with Crippen LogP contribution in [0.5, 0.6) is 5.75 Å². The zero-order valence-corrected chi connectivity index (χ0v) is 18.9. The Hall–Kier alpha value is -2.42. The number of hydrogen-bond acceptors (Lipinski definition) is 6. The van der Waals surface area contributed by atoms with Crippen LogP contribution >= 0.6 is 0 Å². The number of phenols is 1. The number of nitrogens with zero attached hydrogens (tertiary/aromatic N) is 3. The van der Waals surface area contributed by atoms with E-state index in [1.807, 2.05) is 18.2 Å². The smallest absolute Gasteiger partial charge is 0.261 e. The van der Waals surface area contributed by atoms with Crippen molar-refractivity contribution in [3.05, 3.63) is 64.2 Å². The fraction of sp³-hybridized carbons (Fsp3) is 0.409. The van der Waals surface area contributed by atoms with Gasteiger partial charge in [0.25, 0.3) is 10.1 Å². The Morgan fingerprint density at radius 1 is 1.03 bits per heavy atom. The zero-order chi connectivity index (χ0) is 22.3. The Balaban J connectivity index is 0.000000575. The van der Waals surface area contributed by atoms with E-state index in [9.17, 15) is 13.5 Å². The molecule has 8 heteroatoms. The normalized spacial score (nSPS) is 15.2. The van der Waals surface area contributed by atoms with E-state index < -0.39 is 10.1 Å². The van der Waals surface area contributed by atoms with Crippen molar-refractivity contribution in [2.45, 2.75) is 27.3 Å². The van der Waals surface area contributed by atoms with Crippen LogP contribution in [0.25, 0.3) is 0 Å². The van der Waals surface area contributed by atoms with E-state index in [4.69, 9.17) is 4.55 Å². The van der Waals surface area contributed by atoms with Gasteiger partial charge in [-0.2, -0.15) is 13.5 Å². The van der Waals surface area contributed by atoms with Gasteiger partial charge in [-0.1, -0.05) is 29.8 Å². The highest BCUT2D eigenvalue weighted by molar-refractivity contribution is 7.85. The molecule has 1 aliphatic heterocycles. The summed E-state index contributed by atoms with van der Waals surface area (Å²) in [5, 5.41) is 16.4. The number of piperazine rings is 1. The summed E-state index contributed by atoms with van der Waals surface area (Å²) in [5.74, 6) is 0.273. The van der Waals surface area contributed by atoms with Gasteiger partial charge in [0.05, 0.1) is 12.5 Å². The van der Waals surface area contributed by atoms with Gasteiger partial charge in [0.15, 0.2) is 0 Å². The van der Waals surface area contributed by atoms with Crippen molar-refractivity contribution in [3.63, 3.8) is 0 Å². The van der Waals surface area contributed by atoms with Crippen LogP contribution in [-0.2, 0) is 16.7 Å². The molecule has 7 nitrogen and oxygen atoms in total. The standard InChI is InChI=1S/C21H27N3O.CH4O3S/c1-16-12-17(2)20(18(3)13-16)15-23-8-10-24(11-9-23)22-14-19-6-4-5-7-21(19)25;1-5(2,3)4/h4-7,12-14,25H,8-11,15H2,1-3H3;1H3,(H,2,3,4)/b22-14+;. The number of benzene rings is 2. The number of hydrazone groups is 1. The average Bonchev–Trinajstić information content (AvgIpc) is 2.64. The maximum atomic E-state index is 9.80. The molecule has 1 saturated heterocycles. The minimum absolute atomic E-state index is 0.273. The SMILES string of the molecule is CS(=O)(=O)O.Cc1cc(C)c(CN2CCN(/N=C/c3ccccc3O)CC2)c(C)c1. The molecular weight excluding hydrogens is 402 g/mol. The molecule has 2 N–H and O–H groups in total. The Morgan fingerprint density at radius 2 is 1.57 bits per heavy atom. The second-order valence-electron chi connectivity index (χ2n) is 7.64. The Morgan fingerprint density at radius 3 is 2.10 bits per heavy atom. The summed E-state index contributed by atoms with van der Waals surface area (Å²) >= 11 is 0. The predicted molar refractivity (Wildman–Crippen MR) is 121 cm³/mol. The van der Waals surface area contributed by atoms with Crippen molar-refractivity contribution in [3.8, 4) is 5.75 Å². The topological polar surface area (TPSA) is 93.4 Å². The molecule has 164 valence electrons. The van der Waals surface area contributed by atoms with Crippen LogP contribution in [-0.4, -0.2) is 66.6 Å². The van der Waals surface area contributed by atoms with Crippen molar-refractivity contribution < 1.29 is 18.1 Å². The third kappa shape index (κ3) is 8.14. The summed E-state index contributed by atoms with van der Waals surface area (Å²) in [6.07, 6.45) is 2.46. The van der Waals surface area contributed by atoms with Crippen molar-refractivity contribution in [1.29, 1.82) is 0 Å². The summed E-state index contributed by atoms with van der Waals surface area (Å²) in [5.41, 5.74) is 6.32. The highest BCUT2D eigenvalue weighted by Gasteiger charge is 2.17. The number of hydrogen-bond donors (Lipinski definition) is 2. The summed E-state index contributed by atoms with van der Waals surface area (Å²) in [6, 6.07) is 11.8. The second kappa shape index (κ2) is 10.6. The quantitative estimate of drug-likeness (QED) is 0.569. The molecule has 3 rings (SSSR count). The average molecular weight is 434 g/mol. The van der Waals surface area contributed by atoms with E-state index in [0.29, 0.717) is 6.26 Å². The highest BCUT2D eigenvalue weighted by atomic mass is 32.2. The lowest BCUT2D eigenvalue weighted by atomic mass is 9.99. The summed E-state index contributed by atoms with van der Waals surface area (Å²) < 4.78 is 25.9. The number of para-hydroxylation sites is 1. The number of aryl methyl sites for hydroxylation is 3. The molecule has 1 aliphatic rings. The van der Waals surface area contributed by atoms with Crippen LogP contribution in [0.2, 0.25) is 0 Å². The Kier molecular flexibility index (Phi) is 8.40. The number of rotatable bonds is 4. The highest BCUT2D eigenvalue weighted by Crippen LogP contribution is 2.19. The minimum Gasteiger partial charge on any atom is -0.507 e. The van der Waals surface area contributed by atoms with Gasteiger partial charge in [0.1, 0.15) is 5.75 Å². The van der Waals surface area contributed by atoms with Gasteiger partial charge in [-0.25, -0.2) is 0 Å². The van der Waals surface area contributed by atoms with Crippen molar-refractivity contribution in [1.82, 2.24) is 9.91 Å². The van der Waals surface area contributed by atoms with E-state index in [1.54, 1.807) is 12.3 Å². The van der Waals surface area contributed by atoms with Gasteiger partial charge in [-0.3, -0.25) is 14.5 Å². The first kappa shape index (κ1) is 23.9. The molecule has 0 bridgehead atoms. The summed E-state index contributed by atoms with van der Waals surface area (Å²) in [4.78, 5) is 2.50. The van der Waals surface area contributed by atoms with Crippen molar-refractivity contribution >= 4 is 16.3 Å². The first-order chi connectivity index (χ1) is 14.0. The third-order valence-corrected chi connectivity index (χ3v) is 4.87. The van der Waals surface area contributed by atoms with Crippen molar-refractivity contribution in [2.75, 3.05) is 32.4 Å². The molecule has 0 radical (unpaired) electrons. The van der Waals surface area contributed by atoms with Crippen LogP contribution < -0.4 is 0 Å². The first-order valence-electron chi connectivity index (χ1n) is 9.81. The lowest BCUT2D eigenvalue weighted by molar-refractivity contribution is 0.131. The Bertz CT molecular complexity index is 951. The largest absolute Gasteiger partial charge is 0.507 e. The molecule has 1 heterocycles. The Labute approximate surface area is 179 Å². The number of aromatic hydroxyl groups is 1. The molecule has 0 amide bonds. The summed E-state index contributed by atoms with van der Waals surface area (Å²) in [6.45, 7) is 11.4. The molecule has 0 aliphatic carbocycles. The lowest BCUT2D eigenvalue weighted by Gasteiger charge is -2.33. The van der Waals surface area contributed by atoms with Crippen LogP contribution in [0.4, 0.5) is 0 Å². The molecule has 2 aromatic rings. The lowest BCUT2D eigenvalue weighted by Crippen LogP contribution is -2.43. The third-order valence-electron chi connectivity index (χ3n) is 4.87.